The van der Waals surface area contributed by atoms with Gasteiger partial charge in [-0.15, -0.1) is 11.3 Å². The van der Waals surface area contributed by atoms with Crippen LogP contribution in [0.2, 0.25) is 0 Å². The van der Waals surface area contributed by atoms with Gasteiger partial charge >= 0.3 is 0 Å². The zero-order valence-corrected chi connectivity index (χ0v) is 13.2. The number of rotatable bonds is 5. The molecule has 0 saturated carbocycles. The number of benzene rings is 1. The van der Waals surface area contributed by atoms with Gasteiger partial charge in [-0.05, 0) is 25.5 Å². The first kappa shape index (κ1) is 14.4. The Balaban J connectivity index is 1.84. The van der Waals surface area contributed by atoms with Gasteiger partial charge in [0.2, 0.25) is 0 Å². The first-order valence-corrected chi connectivity index (χ1v) is 8.09. The number of ether oxygens (including phenoxy) is 2. The van der Waals surface area contributed by atoms with Crippen LogP contribution in [0.15, 0.2) is 29.1 Å². The summed E-state index contributed by atoms with van der Waals surface area (Å²) in [6, 6.07) is 6.50. The fraction of sp³-hybridized carbons (Fsp3) is 0.438. The first-order chi connectivity index (χ1) is 10.3. The molecule has 2 aromatic rings. The van der Waals surface area contributed by atoms with E-state index in [0.29, 0.717) is 6.04 Å². The Labute approximate surface area is 129 Å². The van der Waals surface area contributed by atoms with Crippen molar-refractivity contribution in [3.05, 3.63) is 40.3 Å². The third kappa shape index (κ3) is 3.04. The van der Waals surface area contributed by atoms with Crippen molar-refractivity contribution in [3.8, 4) is 11.5 Å². The zero-order valence-electron chi connectivity index (χ0n) is 12.4. The minimum absolute atomic E-state index is 0.396. The lowest BCUT2D eigenvalue weighted by Crippen LogP contribution is -2.23. The van der Waals surface area contributed by atoms with E-state index >= 15 is 0 Å². The van der Waals surface area contributed by atoms with Crippen LogP contribution < -0.4 is 9.47 Å². The molecule has 112 valence electrons. The van der Waals surface area contributed by atoms with E-state index in [1.807, 2.05) is 17.6 Å². The molecule has 1 atom stereocenters. The average Bonchev–Trinajstić information content (AvgIpc) is 3.19. The lowest BCUT2D eigenvalue weighted by Gasteiger charge is -2.25. The predicted molar refractivity (Wildman–Crippen MR) is 84.0 cm³/mol. The average molecular weight is 304 g/mol. The number of hydrogen-bond donors (Lipinski definition) is 0. The number of hydrogen-bond acceptors (Lipinski definition) is 5. The number of likely N-dealkylation sites (tertiary alicyclic amines) is 1. The molecule has 1 unspecified atom stereocenters. The van der Waals surface area contributed by atoms with Crippen molar-refractivity contribution in [1.82, 2.24) is 9.88 Å². The summed E-state index contributed by atoms with van der Waals surface area (Å²) in [5.41, 5.74) is 4.29. The molecule has 0 N–H and O–H groups in total. The van der Waals surface area contributed by atoms with Gasteiger partial charge in [0.15, 0.2) is 0 Å². The molecule has 1 fully saturated rings. The molecule has 0 bridgehead atoms. The summed E-state index contributed by atoms with van der Waals surface area (Å²) in [4.78, 5) is 6.89. The van der Waals surface area contributed by atoms with Crippen LogP contribution in [0.25, 0.3) is 0 Å². The van der Waals surface area contributed by atoms with Crippen molar-refractivity contribution in [2.75, 3.05) is 20.8 Å². The quantitative estimate of drug-likeness (QED) is 0.847. The first-order valence-electron chi connectivity index (χ1n) is 7.15. The monoisotopic (exact) mass is 304 g/mol. The largest absolute Gasteiger partial charge is 0.497 e. The molecular formula is C16H20N2O2S. The molecule has 0 amide bonds. The van der Waals surface area contributed by atoms with Gasteiger partial charge in [0.1, 0.15) is 11.5 Å². The van der Waals surface area contributed by atoms with Gasteiger partial charge in [-0.1, -0.05) is 6.07 Å². The highest BCUT2D eigenvalue weighted by Gasteiger charge is 2.28. The molecule has 4 nitrogen and oxygen atoms in total. The molecule has 21 heavy (non-hydrogen) atoms. The number of nitrogens with zero attached hydrogens (tertiary/aromatic N) is 2. The molecule has 0 spiro atoms. The smallest absolute Gasteiger partial charge is 0.127 e. The highest BCUT2D eigenvalue weighted by atomic mass is 32.1. The number of methoxy groups -OCH3 is 2. The minimum Gasteiger partial charge on any atom is -0.497 e. The zero-order chi connectivity index (χ0) is 14.7. The maximum Gasteiger partial charge on any atom is 0.127 e. The molecule has 0 aliphatic carbocycles. The molecular weight excluding hydrogens is 284 g/mol. The van der Waals surface area contributed by atoms with E-state index in [4.69, 9.17) is 9.47 Å². The highest BCUT2D eigenvalue weighted by molar-refractivity contribution is 7.07. The fourth-order valence-electron chi connectivity index (χ4n) is 2.99. The maximum atomic E-state index is 5.56. The van der Waals surface area contributed by atoms with Crippen molar-refractivity contribution >= 4 is 11.3 Å². The lowest BCUT2D eigenvalue weighted by atomic mass is 10.0. The van der Waals surface area contributed by atoms with Crippen molar-refractivity contribution in [2.24, 2.45) is 0 Å². The fourth-order valence-corrected chi connectivity index (χ4v) is 3.53. The van der Waals surface area contributed by atoms with Gasteiger partial charge in [0.05, 0.1) is 25.4 Å². The molecule has 1 aromatic carbocycles. The van der Waals surface area contributed by atoms with Crippen LogP contribution >= 0.6 is 11.3 Å². The van der Waals surface area contributed by atoms with Crippen LogP contribution in [-0.4, -0.2) is 30.6 Å². The minimum atomic E-state index is 0.396. The van der Waals surface area contributed by atoms with Gasteiger partial charge < -0.3 is 9.47 Å². The molecule has 3 rings (SSSR count). The Morgan fingerprint density at radius 2 is 2.24 bits per heavy atom. The Kier molecular flexibility index (Phi) is 4.41. The summed E-state index contributed by atoms with van der Waals surface area (Å²) in [7, 11) is 3.40. The number of thiazole rings is 1. The summed E-state index contributed by atoms with van der Waals surface area (Å²) in [5, 5.41) is 2.13. The third-order valence-electron chi connectivity index (χ3n) is 4.01. The van der Waals surface area contributed by atoms with E-state index in [2.05, 4.69) is 21.3 Å². The standard InChI is InChI=1S/C16H20N2O2S/c1-19-13-5-6-14(16(8-13)20-2)15-4-3-7-18(15)9-12-10-21-11-17-12/h5-6,8,10-11,15H,3-4,7,9H2,1-2H3. The second-order valence-electron chi connectivity index (χ2n) is 5.22. The Morgan fingerprint density at radius 1 is 1.33 bits per heavy atom. The molecule has 1 aliphatic heterocycles. The summed E-state index contributed by atoms with van der Waals surface area (Å²) in [6.45, 7) is 2.01. The Morgan fingerprint density at radius 3 is 2.95 bits per heavy atom. The van der Waals surface area contributed by atoms with Crippen LogP contribution in [-0.2, 0) is 6.54 Å². The predicted octanol–water partition coefficient (Wildman–Crippen LogP) is 3.50. The summed E-state index contributed by atoms with van der Waals surface area (Å²) < 4.78 is 10.8. The van der Waals surface area contributed by atoms with Gasteiger partial charge in [-0.2, -0.15) is 0 Å². The van der Waals surface area contributed by atoms with Crippen molar-refractivity contribution in [3.63, 3.8) is 0 Å². The SMILES string of the molecule is COc1ccc(C2CCCN2Cc2cscn2)c(OC)c1. The number of aromatic nitrogens is 1. The molecule has 2 heterocycles. The van der Waals surface area contributed by atoms with Crippen LogP contribution in [0.3, 0.4) is 0 Å². The van der Waals surface area contributed by atoms with E-state index < -0.39 is 0 Å². The van der Waals surface area contributed by atoms with Gasteiger partial charge in [0.25, 0.3) is 0 Å². The second-order valence-corrected chi connectivity index (χ2v) is 5.93. The maximum absolute atomic E-state index is 5.56. The van der Waals surface area contributed by atoms with Gasteiger partial charge in [-0.25, -0.2) is 4.98 Å². The lowest BCUT2D eigenvalue weighted by molar-refractivity contribution is 0.240. The van der Waals surface area contributed by atoms with E-state index in [0.717, 1.165) is 36.7 Å². The third-order valence-corrected chi connectivity index (χ3v) is 4.65. The van der Waals surface area contributed by atoms with Crippen LogP contribution in [0, 0.1) is 0 Å². The molecule has 1 aromatic heterocycles. The molecule has 1 aliphatic rings. The summed E-state index contributed by atoms with van der Waals surface area (Å²) in [5.74, 6) is 1.74. The van der Waals surface area contributed by atoms with Crippen molar-refractivity contribution in [2.45, 2.75) is 25.4 Å². The van der Waals surface area contributed by atoms with E-state index in [1.165, 1.54) is 12.0 Å². The van der Waals surface area contributed by atoms with Gasteiger partial charge in [0, 0.05) is 29.6 Å². The molecule has 5 heteroatoms. The Hall–Kier alpha value is -1.59. The van der Waals surface area contributed by atoms with Crippen LogP contribution in [0.1, 0.15) is 30.1 Å². The van der Waals surface area contributed by atoms with Crippen molar-refractivity contribution < 1.29 is 9.47 Å². The van der Waals surface area contributed by atoms with E-state index in [1.54, 1.807) is 25.6 Å². The molecule has 0 radical (unpaired) electrons. The highest BCUT2D eigenvalue weighted by Crippen LogP contribution is 2.39. The van der Waals surface area contributed by atoms with Crippen LogP contribution in [0.5, 0.6) is 11.5 Å². The summed E-state index contributed by atoms with van der Waals surface area (Å²) >= 11 is 1.65. The van der Waals surface area contributed by atoms with E-state index in [9.17, 15) is 0 Å². The summed E-state index contributed by atoms with van der Waals surface area (Å²) in [6.07, 6.45) is 2.37. The second kappa shape index (κ2) is 6.45. The van der Waals surface area contributed by atoms with Gasteiger partial charge in [-0.3, -0.25) is 4.90 Å². The van der Waals surface area contributed by atoms with Crippen molar-refractivity contribution in [1.29, 1.82) is 0 Å². The molecule has 1 saturated heterocycles. The van der Waals surface area contributed by atoms with E-state index in [-0.39, 0.29) is 0 Å². The Bertz CT molecular complexity index is 586. The van der Waals surface area contributed by atoms with Crippen LogP contribution in [0.4, 0.5) is 0 Å². The normalized spacial score (nSPS) is 18.9. The topological polar surface area (TPSA) is 34.6 Å².